The summed E-state index contributed by atoms with van der Waals surface area (Å²) in [7, 11) is 0. The van der Waals surface area contributed by atoms with Gasteiger partial charge in [-0.15, -0.1) is 11.3 Å². The van der Waals surface area contributed by atoms with E-state index in [1.807, 2.05) is 6.07 Å². The summed E-state index contributed by atoms with van der Waals surface area (Å²) in [6.45, 7) is 4.25. The molecule has 16 heavy (non-hydrogen) atoms. The van der Waals surface area contributed by atoms with Gasteiger partial charge >= 0.3 is 0 Å². The van der Waals surface area contributed by atoms with E-state index < -0.39 is 0 Å². The fourth-order valence-electron chi connectivity index (χ4n) is 1.34. The second kappa shape index (κ2) is 4.74. The van der Waals surface area contributed by atoms with Gasteiger partial charge in [0.15, 0.2) is 0 Å². The third-order valence-corrected chi connectivity index (χ3v) is 3.73. The molecule has 0 aliphatic carbocycles. The van der Waals surface area contributed by atoms with Crippen LogP contribution in [0.1, 0.15) is 25.5 Å². The van der Waals surface area contributed by atoms with E-state index in [9.17, 15) is 0 Å². The third-order valence-electron chi connectivity index (χ3n) is 2.27. The standard InChI is InChI=1S/C12H11Cl2NS/c1-7(2)11-6-16-12(15-11)9-5-8(13)3-4-10(9)14/h3-7H,1-2H3. The van der Waals surface area contributed by atoms with E-state index in [1.54, 1.807) is 23.5 Å². The Morgan fingerprint density at radius 2 is 2.00 bits per heavy atom. The van der Waals surface area contributed by atoms with Gasteiger partial charge in [0, 0.05) is 16.0 Å². The summed E-state index contributed by atoms with van der Waals surface area (Å²) in [5.41, 5.74) is 2.00. The molecule has 1 heterocycles. The number of hydrogen-bond donors (Lipinski definition) is 0. The molecule has 0 aliphatic heterocycles. The number of nitrogens with zero attached hydrogens (tertiary/aromatic N) is 1. The van der Waals surface area contributed by atoms with Crippen LogP contribution in [0.25, 0.3) is 10.6 Å². The lowest BCUT2D eigenvalue weighted by atomic mass is 10.1. The van der Waals surface area contributed by atoms with Crippen molar-refractivity contribution in [3.05, 3.63) is 39.3 Å². The summed E-state index contributed by atoms with van der Waals surface area (Å²) < 4.78 is 0. The summed E-state index contributed by atoms with van der Waals surface area (Å²) in [6, 6.07) is 5.44. The number of halogens is 2. The van der Waals surface area contributed by atoms with Crippen molar-refractivity contribution in [3.63, 3.8) is 0 Å². The Bertz CT molecular complexity index is 505. The van der Waals surface area contributed by atoms with Crippen molar-refractivity contribution in [1.82, 2.24) is 4.98 Å². The molecule has 0 spiro atoms. The minimum atomic E-state index is 0.433. The molecule has 2 aromatic rings. The highest BCUT2D eigenvalue weighted by Crippen LogP contribution is 2.33. The molecule has 2 rings (SSSR count). The van der Waals surface area contributed by atoms with Gasteiger partial charge in [-0.05, 0) is 24.1 Å². The molecule has 0 amide bonds. The Hall–Kier alpha value is -0.570. The minimum Gasteiger partial charge on any atom is -0.241 e. The van der Waals surface area contributed by atoms with Crippen molar-refractivity contribution >= 4 is 34.5 Å². The van der Waals surface area contributed by atoms with E-state index in [0.29, 0.717) is 16.0 Å². The molecule has 0 bridgehead atoms. The molecule has 0 saturated heterocycles. The van der Waals surface area contributed by atoms with Crippen molar-refractivity contribution in [3.8, 4) is 10.6 Å². The maximum Gasteiger partial charge on any atom is 0.125 e. The van der Waals surface area contributed by atoms with Gasteiger partial charge in [-0.3, -0.25) is 0 Å². The molecule has 1 aromatic carbocycles. The molecule has 0 fully saturated rings. The highest BCUT2D eigenvalue weighted by molar-refractivity contribution is 7.13. The number of rotatable bonds is 2. The van der Waals surface area contributed by atoms with Gasteiger partial charge in [0.2, 0.25) is 0 Å². The largest absolute Gasteiger partial charge is 0.241 e. The first-order valence-corrected chi connectivity index (χ1v) is 6.62. The van der Waals surface area contributed by atoms with Crippen LogP contribution in [0.5, 0.6) is 0 Å². The van der Waals surface area contributed by atoms with Gasteiger partial charge in [0.25, 0.3) is 0 Å². The van der Waals surface area contributed by atoms with Crippen LogP contribution in [0.4, 0.5) is 0 Å². The molecular formula is C12H11Cl2NS. The number of benzene rings is 1. The fraction of sp³-hybridized carbons (Fsp3) is 0.250. The monoisotopic (exact) mass is 271 g/mol. The van der Waals surface area contributed by atoms with E-state index in [2.05, 4.69) is 24.2 Å². The molecule has 0 aliphatic rings. The van der Waals surface area contributed by atoms with Gasteiger partial charge in [0.05, 0.1) is 10.7 Å². The highest BCUT2D eigenvalue weighted by Gasteiger charge is 2.10. The molecule has 0 unspecified atom stereocenters. The number of aromatic nitrogens is 1. The average Bonchev–Trinajstić information content (AvgIpc) is 2.70. The topological polar surface area (TPSA) is 12.9 Å². The SMILES string of the molecule is CC(C)c1csc(-c2cc(Cl)ccc2Cl)n1. The zero-order valence-electron chi connectivity index (χ0n) is 9.00. The summed E-state index contributed by atoms with van der Waals surface area (Å²) >= 11 is 13.7. The minimum absolute atomic E-state index is 0.433. The molecular weight excluding hydrogens is 261 g/mol. The Labute approximate surface area is 109 Å². The van der Waals surface area contributed by atoms with E-state index in [-0.39, 0.29) is 0 Å². The van der Waals surface area contributed by atoms with Crippen molar-refractivity contribution in [2.24, 2.45) is 0 Å². The van der Waals surface area contributed by atoms with Crippen LogP contribution in [0.3, 0.4) is 0 Å². The van der Waals surface area contributed by atoms with Crippen LogP contribution < -0.4 is 0 Å². The van der Waals surface area contributed by atoms with Crippen LogP contribution in [-0.2, 0) is 0 Å². The molecule has 0 saturated carbocycles. The number of thiazole rings is 1. The second-order valence-corrected chi connectivity index (χ2v) is 5.56. The summed E-state index contributed by atoms with van der Waals surface area (Å²) in [5, 5.41) is 4.36. The first-order chi connectivity index (χ1) is 7.58. The lowest BCUT2D eigenvalue weighted by molar-refractivity contribution is 0.834. The predicted molar refractivity (Wildman–Crippen MR) is 71.7 cm³/mol. The van der Waals surface area contributed by atoms with Crippen LogP contribution in [0.2, 0.25) is 10.0 Å². The Balaban J connectivity index is 2.46. The quantitative estimate of drug-likeness (QED) is 0.728. The maximum absolute atomic E-state index is 6.13. The highest BCUT2D eigenvalue weighted by atomic mass is 35.5. The molecule has 1 nitrogen and oxygen atoms in total. The summed E-state index contributed by atoms with van der Waals surface area (Å²) in [6.07, 6.45) is 0. The average molecular weight is 272 g/mol. The molecule has 0 radical (unpaired) electrons. The lowest BCUT2D eigenvalue weighted by Gasteiger charge is -2.01. The van der Waals surface area contributed by atoms with Crippen LogP contribution >= 0.6 is 34.5 Å². The molecule has 84 valence electrons. The van der Waals surface area contributed by atoms with Gasteiger partial charge < -0.3 is 0 Å². The summed E-state index contributed by atoms with van der Waals surface area (Å²) in [5.74, 6) is 0.433. The van der Waals surface area contributed by atoms with Crippen LogP contribution in [0, 0.1) is 0 Å². The molecule has 1 aromatic heterocycles. The van der Waals surface area contributed by atoms with Crippen molar-refractivity contribution < 1.29 is 0 Å². The van der Waals surface area contributed by atoms with Gasteiger partial charge in [-0.1, -0.05) is 37.0 Å². The molecule has 0 atom stereocenters. The first-order valence-electron chi connectivity index (χ1n) is 4.99. The first kappa shape index (κ1) is 11.9. The second-order valence-electron chi connectivity index (χ2n) is 3.86. The predicted octanol–water partition coefficient (Wildman–Crippen LogP) is 5.24. The van der Waals surface area contributed by atoms with Crippen molar-refractivity contribution in [2.75, 3.05) is 0 Å². The molecule has 0 N–H and O–H groups in total. The fourth-order valence-corrected chi connectivity index (χ4v) is 2.78. The van der Waals surface area contributed by atoms with Crippen molar-refractivity contribution in [1.29, 1.82) is 0 Å². The van der Waals surface area contributed by atoms with Crippen molar-refractivity contribution in [2.45, 2.75) is 19.8 Å². The maximum atomic E-state index is 6.13. The third kappa shape index (κ3) is 2.40. The van der Waals surface area contributed by atoms with E-state index in [0.717, 1.165) is 16.3 Å². The van der Waals surface area contributed by atoms with Crippen LogP contribution in [0.15, 0.2) is 23.6 Å². The Morgan fingerprint density at radius 3 is 2.62 bits per heavy atom. The van der Waals surface area contributed by atoms with Crippen LogP contribution in [-0.4, -0.2) is 4.98 Å². The zero-order chi connectivity index (χ0) is 11.7. The number of hydrogen-bond acceptors (Lipinski definition) is 2. The Morgan fingerprint density at radius 1 is 1.25 bits per heavy atom. The zero-order valence-corrected chi connectivity index (χ0v) is 11.3. The van der Waals surface area contributed by atoms with E-state index >= 15 is 0 Å². The van der Waals surface area contributed by atoms with Gasteiger partial charge in [-0.25, -0.2) is 4.98 Å². The normalized spacial score (nSPS) is 11.1. The smallest absolute Gasteiger partial charge is 0.125 e. The molecule has 4 heteroatoms. The van der Waals surface area contributed by atoms with E-state index in [4.69, 9.17) is 23.2 Å². The lowest BCUT2D eigenvalue weighted by Crippen LogP contribution is -1.87. The Kier molecular flexibility index (Phi) is 3.53. The van der Waals surface area contributed by atoms with E-state index in [1.165, 1.54) is 0 Å². The van der Waals surface area contributed by atoms with Gasteiger partial charge in [0.1, 0.15) is 5.01 Å². The van der Waals surface area contributed by atoms with Gasteiger partial charge in [-0.2, -0.15) is 0 Å². The summed E-state index contributed by atoms with van der Waals surface area (Å²) in [4.78, 5) is 4.56.